The van der Waals surface area contributed by atoms with Gasteiger partial charge in [-0.1, -0.05) is 155 Å². The lowest BCUT2D eigenvalue weighted by Crippen LogP contribution is -1.95. The van der Waals surface area contributed by atoms with Gasteiger partial charge in [-0.25, -0.2) is 0 Å². The molecule has 0 spiro atoms. The minimum Gasteiger partial charge on any atom is -0.396 e. The Labute approximate surface area is 197 Å². The molecule has 2 N–H and O–H groups in total. The lowest BCUT2D eigenvalue weighted by atomic mass is 9.95. The second-order valence-corrected chi connectivity index (χ2v) is 10.3. The number of aliphatic hydroxyl groups excluding tert-OH is 2. The van der Waals surface area contributed by atoms with Crippen LogP contribution in [0.15, 0.2) is 0 Å². The van der Waals surface area contributed by atoms with Crippen LogP contribution in [-0.2, 0) is 0 Å². The zero-order chi connectivity index (χ0) is 22.7. The number of unbranched alkanes of at least 4 members (excludes halogenated alkanes) is 21. The quantitative estimate of drug-likeness (QED) is 0.125. The van der Waals surface area contributed by atoms with Crippen molar-refractivity contribution in [2.24, 2.45) is 5.92 Å². The normalized spacial score (nSPS) is 12.5. The van der Waals surface area contributed by atoms with Crippen LogP contribution in [0.25, 0.3) is 0 Å². The van der Waals surface area contributed by atoms with Gasteiger partial charge in [0.05, 0.1) is 0 Å². The van der Waals surface area contributed by atoms with Crippen molar-refractivity contribution in [1.82, 2.24) is 0 Å². The molecule has 0 aromatic heterocycles. The van der Waals surface area contributed by atoms with Crippen LogP contribution >= 0.6 is 0 Å². The SMILES string of the molecule is CC(CCCCCCCCCCCCCO)CCCCCCCCCCCCCCO. The Morgan fingerprint density at radius 3 is 0.742 bits per heavy atom. The fourth-order valence-electron chi connectivity index (χ4n) is 4.71. The summed E-state index contributed by atoms with van der Waals surface area (Å²) in [7, 11) is 0. The van der Waals surface area contributed by atoms with Gasteiger partial charge in [-0.15, -0.1) is 0 Å². The topological polar surface area (TPSA) is 40.5 Å². The third-order valence-electron chi connectivity index (χ3n) is 6.96. The number of aliphatic hydroxyl groups is 2. The highest BCUT2D eigenvalue weighted by atomic mass is 16.3. The molecular weight excluding hydrogens is 380 g/mol. The van der Waals surface area contributed by atoms with E-state index in [4.69, 9.17) is 10.2 Å². The van der Waals surface area contributed by atoms with Gasteiger partial charge in [-0.05, 0) is 18.8 Å². The first-order valence-electron chi connectivity index (χ1n) is 14.5. The van der Waals surface area contributed by atoms with E-state index in [1.165, 1.54) is 148 Å². The van der Waals surface area contributed by atoms with E-state index in [-0.39, 0.29) is 0 Å². The van der Waals surface area contributed by atoms with Crippen molar-refractivity contribution in [3.05, 3.63) is 0 Å². The zero-order valence-electron chi connectivity index (χ0n) is 21.6. The van der Waals surface area contributed by atoms with Crippen LogP contribution in [0.4, 0.5) is 0 Å². The van der Waals surface area contributed by atoms with Gasteiger partial charge in [-0.3, -0.25) is 0 Å². The first-order valence-corrected chi connectivity index (χ1v) is 14.5. The Morgan fingerprint density at radius 1 is 0.323 bits per heavy atom. The lowest BCUT2D eigenvalue weighted by Gasteiger charge is -2.11. The van der Waals surface area contributed by atoms with E-state index in [0.29, 0.717) is 13.2 Å². The highest BCUT2D eigenvalue weighted by Crippen LogP contribution is 2.19. The largest absolute Gasteiger partial charge is 0.396 e. The highest BCUT2D eigenvalue weighted by Gasteiger charge is 2.02. The molecule has 0 amide bonds. The number of rotatable bonds is 27. The van der Waals surface area contributed by atoms with E-state index in [2.05, 4.69) is 6.92 Å². The van der Waals surface area contributed by atoms with Gasteiger partial charge >= 0.3 is 0 Å². The van der Waals surface area contributed by atoms with Crippen LogP contribution in [0, 0.1) is 5.92 Å². The van der Waals surface area contributed by atoms with Crippen LogP contribution < -0.4 is 0 Å². The van der Waals surface area contributed by atoms with E-state index in [9.17, 15) is 0 Å². The van der Waals surface area contributed by atoms with Gasteiger partial charge in [0.15, 0.2) is 0 Å². The van der Waals surface area contributed by atoms with E-state index in [0.717, 1.165) is 18.8 Å². The molecule has 0 aromatic rings. The summed E-state index contributed by atoms with van der Waals surface area (Å²) in [6, 6.07) is 0. The summed E-state index contributed by atoms with van der Waals surface area (Å²) >= 11 is 0. The van der Waals surface area contributed by atoms with Crippen LogP contribution in [0.1, 0.15) is 167 Å². The van der Waals surface area contributed by atoms with Crippen LogP contribution in [0.2, 0.25) is 0 Å². The van der Waals surface area contributed by atoms with E-state index >= 15 is 0 Å². The maximum Gasteiger partial charge on any atom is 0.0431 e. The van der Waals surface area contributed by atoms with E-state index in [1.54, 1.807) is 0 Å². The molecule has 0 bridgehead atoms. The van der Waals surface area contributed by atoms with Gasteiger partial charge in [-0.2, -0.15) is 0 Å². The molecule has 0 aliphatic carbocycles. The molecular formula is C29H60O2. The predicted octanol–water partition coefficient (Wildman–Crippen LogP) is 9.36. The van der Waals surface area contributed by atoms with Crippen molar-refractivity contribution in [3.8, 4) is 0 Å². The molecule has 0 rings (SSSR count). The average molecular weight is 441 g/mol. The van der Waals surface area contributed by atoms with Crippen LogP contribution in [0.3, 0.4) is 0 Å². The Morgan fingerprint density at radius 2 is 0.516 bits per heavy atom. The summed E-state index contributed by atoms with van der Waals surface area (Å²) in [5.74, 6) is 0.935. The summed E-state index contributed by atoms with van der Waals surface area (Å²) < 4.78 is 0. The molecule has 0 radical (unpaired) electrons. The Hall–Kier alpha value is -0.0800. The van der Waals surface area contributed by atoms with Gasteiger partial charge in [0.25, 0.3) is 0 Å². The summed E-state index contributed by atoms with van der Waals surface area (Å²) in [5, 5.41) is 17.5. The van der Waals surface area contributed by atoms with Gasteiger partial charge < -0.3 is 10.2 Å². The van der Waals surface area contributed by atoms with Gasteiger partial charge in [0.2, 0.25) is 0 Å². The first kappa shape index (κ1) is 30.9. The van der Waals surface area contributed by atoms with Crippen molar-refractivity contribution < 1.29 is 10.2 Å². The van der Waals surface area contributed by atoms with E-state index < -0.39 is 0 Å². The van der Waals surface area contributed by atoms with Crippen molar-refractivity contribution in [2.75, 3.05) is 13.2 Å². The molecule has 31 heavy (non-hydrogen) atoms. The Bertz CT molecular complexity index is 305. The van der Waals surface area contributed by atoms with Crippen LogP contribution in [0.5, 0.6) is 0 Å². The summed E-state index contributed by atoms with van der Waals surface area (Å²) in [5.41, 5.74) is 0. The predicted molar refractivity (Wildman–Crippen MR) is 139 cm³/mol. The van der Waals surface area contributed by atoms with Crippen LogP contribution in [-0.4, -0.2) is 23.4 Å². The molecule has 2 nitrogen and oxygen atoms in total. The summed E-state index contributed by atoms with van der Waals surface area (Å²) in [6.07, 6.45) is 34.2. The summed E-state index contributed by atoms with van der Waals surface area (Å²) in [4.78, 5) is 0. The van der Waals surface area contributed by atoms with Gasteiger partial charge in [0, 0.05) is 13.2 Å². The zero-order valence-corrected chi connectivity index (χ0v) is 21.6. The second-order valence-electron chi connectivity index (χ2n) is 10.3. The lowest BCUT2D eigenvalue weighted by molar-refractivity contribution is 0.282. The minimum atomic E-state index is 0.368. The highest BCUT2D eigenvalue weighted by molar-refractivity contribution is 4.56. The molecule has 0 aliphatic heterocycles. The molecule has 0 saturated carbocycles. The standard InChI is InChI=1S/C29H60O2/c1-29(26-22-18-14-10-6-4-8-12-16-20-24-28-31)25-21-17-13-9-5-2-3-7-11-15-19-23-27-30/h29-31H,2-28H2,1H3. The number of hydrogen-bond donors (Lipinski definition) is 2. The molecule has 188 valence electrons. The maximum absolute atomic E-state index is 8.77. The fourth-order valence-corrected chi connectivity index (χ4v) is 4.71. The Kier molecular flexibility index (Phi) is 27.9. The average Bonchev–Trinajstić information content (AvgIpc) is 2.77. The molecule has 2 heteroatoms. The van der Waals surface area contributed by atoms with Crippen molar-refractivity contribution in [1.29, 1.82) is 0 Å². The molecule has 0 heterocycles. The molecule has 1 atom stereocenters. The van der Waals surface area contributed by atoms with Crippen molar-refractivity contribution in [3.63, 3.8) is 0 Å². The first-order chi connectivity index (χ1) is 15.3. The van der Waals surface area contributed by atoms with Crippen molar-refractivity contribution in [2.45, 2.75) is 167 Å². The van der Waals surface area contributed by atoms with Crippen molar-refractivity contribution >= 4 is 0 Å². The number of hydrogen-bond acceptors (Lipinski definition) is 2. The summed E-state index contributed by atoms with van der Waals surface area (Å²) in [6.45, 7) is 3.21. The third kappa shape index (κ3) is 27.9. The Balaban J connectivity index is 3.13. The van der Waals surface area contributed by atoms with Gasteiger partial charge in [0.1, 0.15) is 0 Å². The maximum atomic E-state index is 8.77. The van der Waals surface area contributed by atoms with E-state index in [1.807, 2.05) is 0 Å². The molecule has 0 fully saturated rings. The second kappa shape index (κ2) is 28.0. The monoisotopic (exact) mass is 440 g/mol. The molecule has 1 unspecified atom stereocenters. The molecule has 0 aromatic carbocycles. The molecule has 0 aliphatic rings. The minimum absolute atomic E-state index is 0.368. The third-order valence-corrected chi connectivity index (χ3v) is 6.96. The fraction of sp³-hybridized carbons (Fsp3) is 1.00. The molecule has 0 saturated heterocycles. The smallest absolute Gasteiger partial charge is 0.0431 e.